The Bertz CT molecular complexity index is 1280. The maximum Gasteiger partial charge on any atom is 0.407 e. The van der Waals surface area contributed by atoms with E-state index in [2.05, 4.69) is 10.6 Å². The SMILES string of the molecule is COCCOC(=O)CCCC(=O)N(CCC(=O)CCCCC[C@@H](C(N)=O)C1SS1)CCN(CCC(=O)NCCCC[C@@H](C(N)=O)C1SS1)C(=O)CCNC(=O)OCCOC. The van der Waals surface area contributed by atoms with Gasteiger partial charge < -0.3 is 50.8 Å². The van der Waals surface area contributed by atoms with Crippen LogP contribution in [0.2, 0.25) is 0 Å². The highest BCUT2D eigenvalue weighted by Crippen LogP contribution is 2.58. The summed E-state index contributed by atoms with van der Waals surface area (Å²) in [4.78, 5) is 103. The quantitative estimate of drug-likeness (QED) is 0.0302. The van der Waals surface area contributed by atoms with Crippen LogP contribution in [0.1, 0.15) is 89.9 Å². The molecule has 0 aromatic heterocycles. The number of primary amides is 2. The number of Topliss-reactive ketones (excluding diaryl/α,β-unsaturated/α-hetero) is 1. The summed E-state index contributed by atoms with van der Waals surface area (Å²) in [5.74, 6) is -2.44. The Morgan fingerprint density at radius 3 is 1.67 bits per heavy atom. The molecule has 0 aromatic carbocycles. The summed E-state index contributed by atoms with van der Waals surface area (Å²) in [5, 5.41) is 5.38. The van der Waals surface area contributed by atoms with Gasteiger partial charge in [0.05, 0.1) is 34.2 Å². The van der Waals surface area contributed by atoms with Gasteiger partial charge in [0.2, 0.25) is 29.5 Å². The lowest BCUT2D eigenvalue weighted by Gasteiger charge is -2.28. The van der Waals surface area contributed by atoms with Gasteiger partial charge in [-0.1, -0.05) is 62.4 Å². The molecule has 2 rings (SSSR count). The summed E-state index contributed by atoms with van der Waals surface area (Å²) < 4.78 is 20.3. The zero-order chi connectivity index (χ0) is 44.1. The van der Waals surface area contributed by atoms with Gasteiger partial charge >= 0.3 is 12.1 Å². The number of esters is 1. The third-order valence-corrected chi connectivity index (χ3v) is 14.2. The second-order valence-electron chi connectivity index (χ2n) is 14.3. The Morgan fingerprint density at radius 1 is 0.550 bits per heavy atom. The predicted molar refractivity (Wildman–Crippen MR) is 233 cm³/mol. The van der Waals surface area contributed by atoms with Crippen molar-refractivity contribution in [2.45, 2.75) is 99.1 Å². The number of hydrogen-bond donors (Lipinski definition) is 4. The van der Waals surface area contributed by atoms with E-state index in [1.807, 2.05) is 0 Å². The maximum atomic E-state index is 13.5. The molecule has 2 heterocycles. The minimum atomic E-state index is -0.710. The normalized spacial score (nSPS) is 14.4. The summed E-state index contributed by atoms with van der Waals surface area (Å²) >= 11 is 0. The van der Waals surface area contributed by atoms with Crippen LogP contribution in [-0.2, 0) is 52.5 Å². The number of nitrogens with one attached hydrogen (secondary N) is 2. The fraction of sp³-hybridized carbons (Fsp3) is 0.789. The van der Waals surface area contributed by atoms with Crippen molar-refractivity contribution < 1.29 is 57.3 Å². The molecule has 6 amide bonds. The number of nitrogens with two attached hydrogens (primary N) is 2. The van der Waals surface area contributed by atoms with Crippen LogP contribution in [0.3, 0.4) is 0 Å². The van der Waals surface area contributed by atoms with E-state index in [1.54, 1.807) is 43.2 Å². The first-order chi connectivity index (χ1) is 28.9. The summed E-state index contributed by atoms with van der Waals surface area (Å²) in [6.45, 7) is 1.22. The molecule has 18 nitrogen and oxygen atoms in total. The second kappa shape index (κ2) is 31.9. The van der Waals surface area contributed by atoms with E-state index < -0.39 is 12.1 Å². The number of carbonyl (C=O) groups excluding carboxylic acids is 8. The number of carbonyl (C=O) groups is 8. The van der Waals surface area contributed by atoms with Gasteiger partial charge in [-0.05, 0) is 32.1 Å². The van der Waals surface area contributed by atoms with Crippen LogP contribution in [0.4, 0.5) is 4.79 Å². The van der Waals surface area contributed by atoms with Crippen molar-refractivity contribution in [2.24, 2.45) is 23.3 Å². The summed E-state index contributed by atoms with van der Waals surface area (Å²) in [6, 6.07) is 0. The molecular formula is C38H64N6O12S4. The molecule has 0 saturated carbocycles. The van der Waals surface area contributed by atoms with Gasteiger partial charge in [0, 0.05) is 92.0 Å². The first-order valence-electron chi connectivity index (χ1n) is 20.5. The topological polar surface area (TPSA) is 256 Å². The maximum absolute atomic E-state index is 13.5. The van der Waals surface area contributed by atoms with Crippen molar-refractivity contribution in [2.75, 3.05) is 79.9 Å². The highest BCUT2D eigenvalue weighted by atomic mass is 33.2. The largest absolute Gasteiger partial charge is 0.463 e. The van der Waals surface area contributed by atoms with Crippen LogP contribution >= 0.6 is 43.2 Å². The zero-order valence-corrected chi connectivity index (χ0v) is 38.1. The van der Waals surface area contributed by atoms with E-state index in [9.17, 15) is 38.4 Å². The van der Waals surface area contributed by atoms with Gasteiger partial charge in [0.25, 0.3) is 0 Å². The van der Waals surface area contributed by atoms with E-state index >= 15 is 0 Å². The van der Waals surface area contributed by atoms with Crippen molar-refractivity contribution in [3.05, 3.63) is 0 Å². The molecular weight excluding hydrogens is 861 g/mol. The van der Waals surface area contributed by atoms with Crippen LogP contribution in [0.5, 0.6) is 0 Å². The predicted octanol–water partition coefficient (Wildman–Crippen LogP) is 3.00. The summed E-state index contributed by atoms with van der Waals surface area (Å²) in [6.07, 6.45) is 4.69. The second-order valence-corrected chi connectivity index (χ2v) is 20.0. The van der Waals surface area contributed by atoms with Gasteiger partial charge in [0.1, 0.15) is 19.0 Å². The van der Waals surface area contributed by atoms with Gasteiger partial charge in [-0.15, -0.1) is 0 Å². The monoisotopic (exact) mass is 924 g/mol. The van der Waals surface area contributed by atoms with Crippen LogP contribution in [-0.4, -0.2) is 146 Å². The smallest absolute Gasteiger partial charge is 0.407 e. The van der Waals surface area contributed by atoms with Crippen LogP contribution < -0.4 is 22.1 Å². The average molecular weight is 925 g/mol. The lowest BCUT2D eigenvalue weighted by Crippen LogP contribution is -2.44. The number of rotatable bonds is 37. The molecule has 60 heavy (non-hydrogen) atoms. The molecule has 2 aliphatic heterocycles. The molecule has 0 radical (unpaired) electrons. The Balaban J connectivity index is 1.98. The lowest BCUT2D eigenvalue weighted by atomic mass is 10.0. The molecule has 0 bridgehead atoms. The number of alkyl carbamates (subject to hydrolysis) is 1. The molecule has 2 fully saturated rings. The van der Waals surface area contributed by atoms with Crippen molar-refractivity contribution in [1.29, 1.82) is 0 Å². The van der Waals surface area contributed by atoms with Crippen molar-refractivity contribution >= 4 is 90.6 Å². The molecule has 0 spiro atoms. The fourth-order valence-corrected chi connectivity index (χ4v) is 9.70. The van der Waals surface area contributed by atoms with Crippen molar-refractivity contribution in [3.8, 4) is 0 Å². The van der Waals surface area contributed by atoms with Crippen molar-refractivity contribution in [1.82, 2.24) is 20.4 Å². The first kappa shape index (κ1) is 53.2. The molecule has 342 valence electrons. The van der Waals surface area contributed by atoms with Crippen molar-refractivity contribution in [3.63, 3.8) is 0 Å². The summed E-state index contributed by atoms with van der Waals surface area (Å²) in [7, 11) is 9.53. The molecule has 0 aliphatic carbocycles. The molecule has 2 aliphatic rings. The number of nitrogens with zero attached hydrogens (tertiary/aromatic N) is 2. The molecule has 2 atom stereocenters. The fourth-order valence-electron chi connectivity index (χ4n) is 5.96. The number of ether oxygens (including phenoxy) is 4. The molecule has 22 heteroatoms. The minimum absolute atomic E-state index is 0.0101. The number of amides is 6. The van der Waals surface area contributed by atoms with E-state index in [4.69, 9.17) is 30.4 Å². The number of methoxy groups -OCH3 is 2. The Hall–Kier alpha value is -2.92. The van der Waals surface area contributed by atoms with Crippen LogP contribution in [0.15, 0.2) is 0 Å². The highest BCUT2D eigenvalue weighted by molar-refractivity contribution is 8.93. The third-order valence-electron chi connectivity index (χ3n) is 9.60. The zero-order valence-electron chi connectivity index (χ0n) is 34.9. The lowest BCUT2D eigenvalue weighted by molar-refractivity contribution is -0.145. The van der Waals surface area contributed by atoms with E-state index in [-0.39, 0.29) is 154 Å². The van der Waals surface area contributed by atoms with Gasteiger partial charge in [-0.25, -0.2) is 4.79 Å². The van der Waals surface area contributed by atoms with Gasteiger partial charge in [0.15, 0.2) is 0 Å². The molecule has 2 saturated heterocycles. The number of unbranched alkanes of at least 4 members (excludes halogenated alkanes) is 3. The molecule has 0 aromatic rings. The minimum Gasteiger partial charge on any atom is -0.463 e. The van der Waals surface area contributed by atoms with E-state index in [1.165, 1.54) is 24.0 Å². The highest BCUT2D eigenvalue weighted by Gasteiger charge is 2.38. The first-order valence-corrected chi connectivity index (χ1v) is 25.0. The van der Waals surface area contributed by atoms with E-state index in [0.717, 1.165) is 19.3 Å². The average Bonchev–Trinajstić information content (AvgIpc) is 4.15. The molecule has 6 N–H and O–H groups in total. The van der Waals surface area contributed by atoms with E-state index in [0.29, 0.717) is 38.6 Å². The Labute approximate surface area is 369 Å². The van der Waals surface area contributed by atoms with Gasteiger partial charge in [-0.2, -0.15) is 0 Å². The molecule has 0 unspecified atom stereocenters. The Morgan fingerprint density at radius 2 is 1.10 bits per heavy atom. The van der Waals surface area contributed by atoms with Gasteiger partial charge in [-0.3, -0.25) is 33.6 Å². The van der Waals surface area contributed by atoms with Crippen LogP contribution in [0.25, 0.3) is 0 Å². The number of hydrogen-bond acceptors (Lipinski definition) is 16. The van der Waals surface area contributed by atoms with Crippen LogP contribution in [0, 0.1) is 11.8 Å². The third kappa shape index (κ3) is 25.1. The Kier molecular flexibility index (Phi) is 28.3. The summed E-state index contributed by atoms with van der Waals surface area (Å²) in [5.41, 5.74) is 11.1. The number of ketones is 1. The standard InChI is InChI=1S/C38H64N6O12S4/c1-53-23-25-55-33(49)13-8-12-31(47)43(19-15-27(45)9-4-3-5-10-28(34(39)50)36-57-58-36)21-22-44(32(48)14-18-42-38(52)56-26-24-54-2)20-16-30(46)41-17-7-6-11-29(35(40)51)37-59-60-37/h28-29,36-37H,3-26H2,1-2H3,(H2,39,50)(H2,40,51)(H,41,46)(H,42,52)/t28-,29-/m0/s1.